The molecule has 17 heavy (non-hydrogen) atoms. The normalized spacial score (nSPS) is 11.4. The summed E-state index contributed by atoms with van der Waals surface area (Å²) < 4.78 is 5.12. The maximum Gasteiger partial charge on any atom is 0.241 e. The standard InChI is InChI=1S/C11H15ClN2O2.ClH/c1-6-4-9(14-11(15)7(2)13)10(16-3)5-8(6)12;/h4-5,7H,13H2,1-3H3,(H,14,15);1H/t7-;/m1./s1. The number of nitrogens with two attached hydrogens (primary N) is 1. The van der Waals surface area contributed by atoms with Gasteiger partial charge in [-0.3, -0.25) is 4.79 Å². The molecule has 0 fully saturated rings. The molecule has 1 aromatic rings. The second-order valence-corrected chi connectivity index (χ2v) is 3.99. The molecule has 96 valence electrons. The lowest BCUT2D eigenvalue weighted by molar-refractivity contribution is -0.117. The molecule has 1 aromatic carbocycles. The first-order valence-corrected chi connectivity index (χ1v) is 5.24. The average molecular weight is 279 g/mol. The molecule has 0 bridgehead atoms. The molecule has 0 heterocycles. The number of benzene rings is 1. The van der Waals surface area contributed by atoms with E-state index in [0.717, 1.165) is 5.56 Å². The van der Waals surface area contributed by atoms with Crippen molar-refractivity contribution in [2.75, 3.05) is 12.4 Å². The topological polar surface area (TPSA) is 64.3 Å². The zero-order valence-corrected chi connectivity index (χ0v) is 11.5. The van der Waals surface area contributed by atoms with Gasteiger partial charge in [-0.15, -0.1) is 12.4 Å². The molecule has 0 aromatic heterocycles. The highest BCUT2D eigenvalue weighted by Crippen LogP contribution is 2.30. The summed E-state index contributed by atoms with van der Waals surface area (Å²) in [6, 6.07) is 2.84. The number of hydrogen-bond acceptors (Lipinski definition) is 3. The predicted molar refractivity (Wildman–Crippen MR) is 72.3 cm³/mol. The van der Waals surface area contributed by atoms with Gasteiger partial charge in [0.05, 0.1) is 18.8 Å². The van der Waals surface area contributed by atoms with Crippen molar-refractivity contribution >= 4 is 35.6 Å². The molecular formula is C11H16Cl2N2O2. The lowest BCUT2D eigenvalue weighted by Crippen LogP contribution is -2.32. The molecule has 0 aliphatic rings. The van der Waals surface area contributed by atoms with Crippen molar-refractivity contribution in [3.63, 3.8) is 0 Å². The van der Waals surface area contributed by atoms with Crippen LogP contribution in [0.15, 0.2) is 12.1 Å². The Hall–Kier alpha value is -0.970. The number of aryl methyl sites for hydroxylation is 1. The Morgan fingerprint density at radius 2 is 2.12 bits per heavy atom. The lowest BCUT2D eigenvalue weighted by atomic mass is 10.2. The first-order chi connectivity index (χ1) is 7.45. The number of carbonyl (C=O) groups is 1. The van der Waals surface area contributed by atoms with Crippen LogP contribution in [0.4, 0.5) is 5.69 Å². The number of rotatable bonds is 3. The fraction of sp³-hybridized carbons (Fsp3) is 0.364. The SMILES string of the molecule is COc1cc(Cl)c(C)cc1NC(=O)[C@@H](C)N.Cl. The first-order valence-electron chi connectivity index (χ1n) is 4.86. The number of amides is 1. The molecule has 0 saturated carbocycles. The van der Waals surface area contributed by atoms with Crippen LogP contribution in [-0.2, 0) is 4.79 Å². The zero-order valence-electron chi connectivity index (χ0n) is 9.91. The Kier molecular flexibility index (Phi) is 6.31. The number of hydrogen-bond donors (Lipinski definition) is 2. The van der Waals surface area contributed by atoms with Crippen molar-refractivity contribution in [1.82, 2.24) is 0 Å². The van der Waals surface area contributed by atoms with Gasteiger partial charge in [0, 0.05) is 11.1 Å². The number of halogens is 2. The molecule has 1 atom stereocenters. The molecule has 3 N–H and O–H groups in total. The molecule has 0 spiro atoms. The predicted octanol–water partition coefficient (Wildman–Crippen LogP) is 2.36. The van der Waals surface area contributed by atoms with Gasteiger partial charge >= 0.3 is 0 Å². The van der Waals surface area contributed by atoms with Crippen LogP contribution in [-0.4, -0.2) is 19.1 Å². The monoisotopic (exact) mass is 278 g/mol. The molecule has 6 heteroatoms. The van der Waals surface area contributed by atoms with E-state index in [-0.39, 0.29) is 18.3 Å². The van der Waals surface area contributed by atoms with E-state index in [4.69, 9.17) is 22.1 Å². The summed E-state index contributed by atoms with van der Waals surface area (Å²) in [7, 11) is 1.52. The fourth-order valence-corrected chi connectivity index (χ4v) is 1.33. The second kappa shape index (κ2) is 6.69. The van der Waals surface area contributed by atoms with E-state index in [2.05, 4.69) is 5.32 Å². The Morgan fingerprint density at radius 3 is 2.59 bits per heavy atom. The number of methoxy groups -OCH3 is 1. The minimum absolute atomic E-state index is 0. The number of ether oxygens (including phenoxy) is 1. The minimum atomic E-state index is -0.569. The molecule has 0 aliphatic heterocycles. The van der Waals surface area contributed by atoms with Gasteiger partial charge in [0.15, 0.2) is 0 Å². The van der Waals surface area contributed by atoms with Gasteiger partial charge < -0.3 is 15.8 Å². The number of nitrogens with one attached hydrogen (secondary N) is 1. The van der Waals surface area contributed by atoms with E-state index in [0.29, 0.717) is 16.5 Å². The summed E-state index contributed by atoms with van der Waals surface area (Å²) in [5, 5.41) is 3.27. The van der Waals surface area contributed by atoms with Gasteiger partial charge in [-0.2, -0.15) is 0 Å². The maximum absolute atomic E-state index is 11.5. The van der Waals surface area contributed by atoms with Crippen molar-refractivity contribution in [3.05, 3.63) is 22.7 Å². The molecule has 4 nitrogen and oxygen atoms in total. The third kappa shape index (κ3) is 4.07. The molecule has 1 rings (SSSR count). The zero-order chi connectivity index (χ0) is 12.3. The fourth-order valence-electron chi connectivity index (χ4n) is 1.18. The van der Waals surface area contributed by atoms with Crippen LogP contribution >= 0.6 is 24.0 Å². The van der Waals surface area contributed by atoms with Crippen LogP contribution in [0, 0.1) is 6.92 Å². The van der Waals surface area contributed by atoms with Crippen molar-refractivity contribution in [2.24, 2.45) is 5.73 Å². The van der Waals surface area contributed by atoms with E-state index in [1.54, 1.807) is 19.1 Å². The summed E-state index contributed by atoms with van der Waals surface area (Å²) in [5.41, 5.74) is 6.90. The number of anilines is 1. The van der Waals surface area contributed by atoms with Crippen LogP contribution in [0.2, 0.25) is 5.02 Å². The molecule has 0 radical (unpaired) electrons. The first kappa shape index (κ1) is 16.0. The summed E-state index contributed by atoms with van der Waals surface area (Å²) in [5.74, 6) is 0.254. The molecule has 0 unspecified atom stereocenters. The highest BCUT2D eigenvalue weighted by Gasteiger charge is 2.12. The third-order valence-electron chi connectivity index (χ3n) is 2.15. The summed E-state index contributed by atoms with van der Waals surface area (Å²) in [6.07, 6.45) is 0. The average Bonchev–Trinajstić information content (AvgIpc) is 2.22. The van der Waals surface area contributed by atoms with E-state index < -0.39 is 6.04 Å². The smallest absolute Gasteiger partial charge is 0.241 e. The van der Waals surface area contributed by atoms with E-state index in [1.165, 1.54) is 7.11 Å². The van der Waals surface area contributed by atoms with Crippen LogP contribution < -0.4 is 15.8 Å². The Labute approximate surface area is 112 Å². The van der Waals surface area contributed by atoms with Gasteiger partial charge in [-0.1, -0.05) is 11.6 Å². The lowest BCUT2D eigenvalue weighted by Gasteiger charge is -2.13. The maximum atomic E-state index is 11.5. The molecule has 0 saturated heterocycles. The summed E-state index contributed by atoms with van der Waals surface area (Å²) >= 11 is 5.95. The second-order valence-electron chi connectivity index (χ2n) is 3.58. The minimum Gasteiger partial charge on any atom is -0.495 e. The van der Waals surface area contributed by atoms with Crippen molar-refractivity contribution in [1.29, 1.82) is 0 Å². The van der Waals surface area contributed by atoms with Gasteiger partial charge in [-0.05, 0) is 25.5 Å². The van der Waals surface area contributed by atoms with Gasteiger partial charge in [0.25, 0.3) is 0 Å². The van der Waals surface area contributed by atoms with Gasteiger partial charge in [-0.25, -0.2) is 0 Å². The quantitative estimate of drug-likeness (QED) is 0.892. The molecular weight excluding hydrogens is 263 g/mol. The van der Waals surface area contributed by atoms with Crippen molar-refractivity contribution in [3.8, 4) is 5.75 Å². The highest BCUT2D eigenvalue weighted by molar-refractivity contribution is 6.31. The molecule has 0 aliphatic carbocycles. The van der Waals surface area contributed by atoms with Gasteiger partial charge in [0.2, 0.25) is 5.91 Å². The van der Waals surface area contributed by atoms with Crippen LogP contribution in [0.25, 0.3) is 0 Å². The number of carbonyl (C=O) groups excluding carboxylic acids is 1. The van der Waals surface area contributed by atoms with Crippen LogP contribution in [0.5, 0.6) is 5.75 Å². The largest absolute Gasteiger partial charge is 0.495 e. The van der Waals surface area contributed by atoms with E-state index in [1.807, 2.05) is 6.92 Å². The summed E-state index contributed by atoms with van der Waals surface area (Å²) in [4.78, 5) is 11.5. The molecule has 1 amide bonds. The summed E-state index contributed by atoms with van der Waals surface area (Å²) in [6.45, 7) is 3.47. The van der Waals surface area contributed by atoms with Crippen molar-refractivity contribution < 1.29 is 9.53 Å². The Bertz CT molecular complexity index is 409. The van der Waals surface area contributed by atoms with E-state index >= 15 is 0 Å². The third-order valence-corrected chi connectivity index (χ3v) is 2.56. The van der Waals surface area contributed by atoms with Crippen LogP contribution in [0.1, 0.15) is 12.5 Å². The highest BCUT2D eigenvalue weighted by atomic mass is 35.5. The van der Waals surface area contributed by atoms with Crippen molar-refractivity contribution in [2.45, 2.75) is 19.9 Å². The van der Waals surface area contributed by atoms with Crippen LogP contribution in [0.3, 0.4) is 0 Å². The van der Waals surface area contributed by atoms with Gasteiger partial charge in [0.1, 0.15) is 5.75 Å². The Morgan fingerprint density at radius 1 is 1.53 bits per heavy atom. The Balaban J connectivity index is 0.00000256. The van der Waals surface area contributed by atoms with E-state index in [9.17, 15) is 4.79 Å².